The van der Waals surface area contributed by atoms with E-state index >= 15 is 0 Å². The molecule has 0 radical (unpaired) electrons. The second-order valence-electron chi connectivity index (χ2n) is 4.43. The number of hydrogen-bond donors (Lipinski definition) is 1. The number of methoxy groups -OCH3 is 1. The van der Waals surface area contributed by atoms with E-state index in [4.69, 9.17) is 4.74 Å². The van der Waals surface area contributed by atoms with Gasteiger partial charge >= 0.3 is 0 Å². The van der Waals surface area contributed by atoms with Gasteiger partial charge in [-0.2, -0.15) is 0 Å². The number of benzene rings is 1. The normalized spacial score (nSPS) is 10.1. The minimum Gasteiger partial charge on any atom is -0.491 e. The van der Waals surface area contributed by atoms with Crippen LogP contribution < -0.4 is 15.6 Å². The van der Waals surface area contributed by atoms with Gasteiger partial charge in [0.05, 0.1) is 7.11 Å². The largest absolute Gasteiger partial charge is 0.491 e. The average Bonchev–Trinajstić information content (AvgIpc) is 2.41. The molecule has 0 saturated carbocycles. The van der Waals surface area contributed by atoms with E-state index in [1.54, 1.807) is 24.4 Å². The van der Waals surface area contributed by atoms with E-state index in [9.17, 15) is 9.59 Å². The highest BCUT2D eigenvalue weighted by Gasteiger charge is 2.07. The van der Waals surface area contributed by atoms with Gasteiger partial charge in [0.25, 0.3) is 5.56 Å². The summed E-state index contributed by atoms with van der Waals surface area (Å²) < 4.78 is 6.25. The van der Waals surface area contributed by atoms with Crippen molar-refractivity contribution in [1.29, 1.82) is 0 Å². The molecule has 0 aliphatic carbocycles. The summed E-state index contributed by atoms with van der Waals surface area (Å²) in [6.07, 6.45) is 1.56. The predicted molar refractivity (Wildman–Crippen MR) is 77.1 cm³/mol. The van der Waals surface area contributed by atoms with Crippen molar-refractivity contribution in [2.24, 2.45) is 0 Å². The lowest BCUT2D eigenvalue weighted by atomic mass is 10.2. The number of carbonyl (C=O) groups is 1. The number of nitrogens with one attached hydrogen (secondary N) is 1. The zero-order valence-electron chi connectivity index (χ0n) is 11.4. The predicted octanol–water partition coefficient (Wildman–Crippen LogP) is 1.80. The van der Waals surface area contributed by atoms with Gasteiger partial charge in [0.2, 0.25) is 5.91 Å². The fourth-order valence-electron chi connectivity index (χ4n) is 1.87. The molecular formula is C15H16N2O3. The summed E-state index contributed by atoms with van der Waals surface area (Å²) in [6, 6.07) is 10.7. The molecule has 0 aliphatic rings. The van der Waals surface area contributed by atoms with E-state index in [1.165, 1.54) is 11.7 Å². The van der Waals surface area contributed by atoms with Crippen LogP contribution in [0.5, 0.6) is 5.75 Å². The highest BCUT2D eigenvalue weighted by Crippen LogP contribution is 2.09. The van der Waals surface area contributed by atoms with Crippen molar-refractivity contribution < 1.29 is 9.53 Å². The molecule has 1 heterocycles. The molecule has 0 saturated heterocycles. The van der Waals surface area contributed by atoms with Crippen molar-refractivity contribution >= 4 is 11.6 Å². The third kappa shape index (κ3) is 3.26. The van der Waals surface area contributed by atoms with Crippen LogP contribution in [0, 0.1) is 6.92 Å². The number of hydrogen-bond acceptors (Lipinski definition) is 3. The topological polar surface area (TPSA) is 60.3 Å². The second-order valence-corrected chi connectivity index (χ2v) is 4.43. The lowest BCUT2D eigenvalue weighted by Crippen LogP contribution is -2.27. The van der Waals surface area contributed by atoms with Crippen LogP contribution >= 0.6 is 0 Å². The van der Waals surface area contributed by atoms with E-state index < -0.39 is 0 Å². The molecule has 0 aliphatic heterocycles. The number of amides is 1. The summed E-state index contributed by atoms with van der Waals surface area (Å²) in [5.74, 6) is -0.0400. The van der Waals surface area contributed by atoms with Crippen molar-refractivity contribution in [3.05, 3.63) is 58.5 Å². The Bertz CT molecular complexity index is 677. The van der Waals surface area contributed by atoms with Crippen LogP contribution in [-0.2, 0) is 11.3 Å². The maximum Gasteiger partial charge on any atom is 0.293 e. The van der Waals surface area contributed by atoms with Crippen LogP contribution in [0.25, 0.3) is 0 Å². The molecule has 104 valence electrons. The molecular weight excluding hydrogens is 256 g/mol. The van der Waals surface area contributed by atoms with Gasteiger partial charge < -0.3 is 14.6 Å². The minimum atomic E-state index is -0.325. The van der Waals surface area contributed by atoms with E-state index in [2.05, 4.69) is 5.32 Å². The Morgan fingerprint density at radius 2 is 2.10 bits per heavy atom. The summed E-state index contributed by atoms with van der Waals surface area (Å²) in [7, 11) is 1.42. The van der Waals surface area contributed by atoms with Crippen LogP contribution in [0.2, 0.25) is 0 Å². The number of aryl methyl sites for hydroxylation is 1. The second kappa shape index (κ2) is 6.06. The fraction of sp³-hybridized carbons (Fsp3) is 0.200. The van der Waals surface area contributed by atoms with Crippen LogP contribution in [0.15, 0.2) is 47.4 Å². The Kier molecular flexibility index (Phi) is 4.20. The van der Waals surface area contributed by atoms with Gasteiger partial charge in [0, 0.05) is 11.9 Å². The molecule has 2 aromatic rings. The Hall–Kier alpha value is -2.56. The maximum absolute atomic E-state index is 11.9. The third-order valence-corrected chi connectivity index (χ3v) is 2.82. The van der Waals surface area contributed by atoms with Gasteiger partial charge in [-0.05, 0) is 36.8 Å². The molecule has 0 fully saturated rings. The van der Waals surface area contributed by atoms with Gasteiger partial charge in [0.15, 0.2) is 5.75 Å². The van der Waals surface area contributed by atoms with Crippen molar-refractivity contribution in [2.45, 2.75) is 13.5 Å². The van der Waals surface area contributed by atoms with Crippen LogP contribution in [0.1, 0.15) is 5.56 Å². The maximum atomic E-state index is 11.9. The molecule has 0 unspecified atom stereocenters. The number of ether oxygens (including phenoxy) is 1. The molecule has 5 heteroatoms. The van der Waals surface area contributed by atoms with Gasteiger partial charge in [-0.3, -0.25) is 9.59 Å². The molecule has 1 aromatic carbocycles. The summed E-state index contributed by atoms with van der Waals surface area (Å²) >= 11 is 0. The monoisotopic (exact) mass is 272 g/mol. The first-order chi connectivity index (χ1) is 9.60. The number of pyridine rings is 1. The van der Waals surface area contributed by atoms with E-state index in [1.807, 2.05) is 25.1 Å². The van der Waals surface area contributed by atoms with E-state index in [0.29, 0.717) is 5.69 Å². The van der Waals surface area contributed by atoms with E-state index in [0.717, 1.165) is 5.56 Å². The first-order valence-electron chi connectivity index (χ1n) is 6.20. The highest BCUT2D eigenvalue weighted by molar-refractivity contribution is 5.90. The van der Waals surface area contributed by atoms with Gasteiger partial charge in [-0.15, -0.1) is 0 Å². The molecule has 0 spiro atoms. The van der Waals surface area contributed by atoms with Crippen LogP contribution in [0.3, 0.4) is 0 Å². The smallest absolute Gasteiger partial charge is 0.293 e. The first kappa shape index (κ1) is 13.9. The van der Waals surface area contributed by atoms with E-state index in [-0.39, 0.29) is 23.8 Å². The molecule has 1 N–H and O–H groups in total. The summed E-state index contributed by atoms with van der Waals surface area (Å²) in [6.45, 7) is 1.90. The number of aromatic nitrogens is 1. The molecule has 0 atom stereocenters. The van der Waals surface area contributed by atoms with Crippen LogP contribution in [-0.4, -0.2) is 17.6 Å². The van der Waals surface area contributed by atoms with Gasteiger partial charge in [-0.1, -0.05) is 12.1 Å². The Labute approximate surface area is 116 Å². The average molecular weight is 272 g/mol. The molecule has 2 rings (SSSR count). The molecule has 20 heavy (non-hydrogen) atoms. The molecule has 5 nitrogen and oxygen atoms in total. The lowest BCUT2D eigenvalue weighted by molar-refractivity contribution is -0.116. The third-order valence-electron chi connectivity index (χ3n) is 2.82. The van der Waals surface area contributed by atoms with Gasteiger partial charge in [-0.25, -0.2) is 0 Å². The Balaban J connectivity index is 2.11. The summed E-state index contributed by atoms with van der Waals surface area (Å²) in [5.41, 5.74) is 1.45. The number of anilines is 1. The first-order valence-corrected chi connectivity index (χ1v) is 6.20. The standard InChI is InChI=1S/C15H16N2O3/c1-11-5-3-6-12(9-11)16-14(18)10-17-8-4-7-13(20-2)15(17)19/h3-9H,10H2,1-2H3,(H,16,18). The number of rotatable bonds is 4. The molecule has 1 aromatic heterocycles. The molecule has 1 amide bonds. The Morgan fingerprint density at radius 1 is 1.30 bits per heavy atom. The quantitative estimate of drug-likeness (QED) is 0.923. The highest BCUT2D eigenvalue weighted by atomic mass is 16.5. The van der Waals surface area contributed by atoms with Crippen molar-refractivity contribution in [3.63, 3.8) is 0 Å². The zero-order chi connectivity index (χ0) is 14.5. The molecule has 0 bridgehead atoms. The van der Waals surface area contributed by atoms with Crippen molar-refractivity contribution in [1.82, 2.24) is 4.57 Å². The zero-order valence-corrected chi connectivity index (χ0v) is 11.4. The van der Waals surface area contributed by atoms with Crippen molar-refractivity contribution in [2.75, 3.05) is 12.4 Å². The minimum absolute atomic E-state index is 0.0516. The van der Waals surface area contributed by atoms with Crippen LogP contribution in [0.4, 0.5) is 5.69 Å². The van der Waals surface area contributed by atoms with Crippen molar-refractivity contribution in [3.8, 4) is 5.75 Å². The number of nitrogens with zero attached hydrogens (tertiary/aromatic N) is 1. The summed E-state index contributed by atoms with van der Waals surface area (Å²) in [4.78, 5) is 23.8. The van der Waals surface area contributed by atoms with Gasteiger partial charge in [0.1, 0.15) is 6.54 Å². The summed E-state index contributed by atoms with van der Waals surface area (Å²) in [5, 5.41) is 2.76. The Morgan fingerprint density at radius 3 is 2.80 bits per heavy atom. The lowest BCUT2D eigenvalue weighted by Gasteiger charge is -2.09. The SMILES string of the molecule is COc1cccn(CC(=O)Nc2cccc(C)c2)c1=O. The number of carbonyl (C=O) groups excluding carboxylic acids is 1. The fourth-order valence-corrected chi connectivity index (χ4v) is 1.87.